The molecule has 8 nitrogen and oxygen atoms in total. The zero-order valence-corrected chi connectivity index (χ0v) is 78.2. The molecule has 0 unspecified atom stereocenters. The molecular weight excluding hydrogens is 1750 g/mol. The molecule has 0 spiro atoms. The summed E-state index contributed by atoms with van der Waals surface area (Å²) in [7, 11) is 0. The van der Waals surface area contributed by atoms with Gasteiger partial charge in [0.05, 0.1) is 66.2 Å². The first kappa shape index (κ1) is 80.8. The Morgan fingerprint density at radius 3 is 0.924 bits per heavy atom. The summed E-state index contributed by atoms with van der Waals surface area (Å²) in [5.74, 6) is 0. The van der Waals surface area contributed by atoms with Gasteiger partial charge in [0, 0.05) is 149 Å². The van der Waals surface area contributed by atoms with Crippen LogP contribution in [0.2, 0.25) is 0 Å². The summed E-state index contributed by atoms with van der Waals surface area (Å²) >= 11 is 0. The fourth-order valence-corrected chi connectivity index (χ4v) is 24.7. The lowest BCUT2D eigenvalue weighted by atomic mass is 9.91. The average molecular weight is 1830 g/mol. The predicted molar refractivity (Wildman–Crippen MR) is 610 cm³/mol. The number of benzene rings is 24. The van der Waals surface area contributed by atoms with E-state index in [1.54, 1.807) is 0 Å². The van der Waals surface area contributed by atoms with Crippen molar-refractivity contribution in [1.82, 2.24) is 22.5 Å². The third kappa shape index (κ3) is 12.0. The Kier molecular flexibility index (Phi) is 18.0. The highest BCUT2D eigenvalue weighted by Gasteiger charge is 2.32. The minimum Gasteiger partial charge on any atom is -0.310 e. The summed E-state index contributed by atoms with van der Waals surface area (Å²) in [5.41, 5.74) is 33.5. The topological polar surface area (TPSA) is 33.3 Å². The molecule has 0 N–H and O–H groups in total. The SMILES string of the molecule is c1ccc(N(c2ccccc2)c2cccc(-n3c4cccc5c4c4c6c(cccc6c6ccccc6c43)-c3ccccc3-5)c2)cc1.c1ccc(N(c2ccccc2)c2cccc(-n3c4cccc5c6ccccc6n6c7c8ccccc8ccc7c7ccc3c(c54)c76)c2)cc1.c1ccc(N(c2ccccc2)c2cccc(-n3c4cccc5c6ccccc6n6c7ccc8ccccc8c7c7ccc3c(c54)c76)c2)cc1. The Hall–Kier alpha value is -19.3. The van der Waals surface area contributed by atoms with Crippen molar-refractivity contribution in [3.05, 3.63) is 522 Å². The number of rotatable bonds is 12. The fraction of sp³-hybridized carbons (Fsp3) is 0. The lowest BCUT2D eigenvalue weighted by Crippen LogP contribution is -2.10. The van der Waals surface area contributed by atoms with Gasteiger partial charge in [0.1, 0.15) is 0 Å². The number of hydrogen-bond donors (Lipinski definition) is 0. The van der Waals surface area contributed by atoms with Crippen molar-refractivity contribution < 1.29 is 0 Å². The summed E-state index contributed by atoms with van der Waals surface area (Å²) in [6.07, 6.45) is 0. The number of hydrogen-bond acceptors (Lipinski definition) is 3. The van der Waals surface area contributed by atoms with Crippen LogP contribution in [0.3, 0.4) is 0 Å². The average Bonchev–Trinajstić information content (AvgIpc) is 1.54. The molecule has 0 saturated heterocycles. The van der Waals surface area contributed by atoms with Crippen molar-refractivity contribution in [2.75, 3.05) is 14.7 Å². The van der Waals surface area contributed by atoms with Crippen LogP contribution < -0.4 is 14.7 Å². The molecule has 144 heavy (non-hydrogen) atoms. The number of aromatic nitrogens is 5. The molecule has 7 heterocycles. The summed E-state index contributed by atoms with van der Waals surface area (Å²) in [6, 6.07) is 190. The lowest BCUT2D eigenvalue weighted by Gasteiger charge is -2.26. The van der Waals surface area contributed by atoms with Gasteiger partial charge in [-0.1, -0.05) is 346 Å². The van der Waals surface area contributed by atoms with E-state index in [-0.39, 0.29) is 0 Å². The Balaban J connectivity index is 0.000000101. The number of nitrogens with zero attached hydrogens (tertiary/aromatic N) is 8. The first-order valence-electron chi connectivity index (χ1n) is 49.6. The molecule has 24 aromatic carbocycles. The Labute approximate surface area is 828 Å². The number of anilines is 9. The van der Waals surface area contributed by atoms with Crippen LogP contribution in [-0.2, 0) is 0 Å². The summed E-state index contributed by atoms with van der Waals surface area (Å²) in [5, 5.41) is 28.3. The second-order valence-corrected chi connectivity index (χ2v) is 38.0. The van der Waals surface area contributed by atoms with Crippen LogP contribution in [0.1, 0.15) is 0 Å². The zero-order chi connectivity index (χ0) is 94.3. The van der Waals surface area contributed by atoms with E-state index < -0.39 is 0 Å². The van der Waals surface area contributed by atoms with Gasteiger partial charge in [0.25, 0.3) is 0 Å². The van der Waals surface area contributed by atoms with E-state index in [0.717, 1.165) is 68.2 Å². The van der Waals surface area contributed by atoms with E-state index in [2.05, 4.69) is 559 Å². The Morgan fingerprint density at radius 2 is 0.424 bits per heavy atom. The molecular formula is C136H86N8. The third-order valence-electron chi connectivity index (χ3n) is 30.4. The van der Waals surface area contributed by atoms with E-state index in [4.69, 9.17) is 0 Å². The third-order valence-corrected chi connectivity index (χ3v) is 30.4. The quantitative estimate of drug-likeness (QED) is 0.114. The van der Waals surface area contributed by atoms with E-state index >= 15 is 0 Å². The van der Waals surface area contributed by atoms with Crippen molar-refractivity contribution in [2.45, 2.75) is 0 Å². The van der Waals surface area contributed by atoms with Crippen molar-refractivity contribution in [1.29, 1.82) is 0 Å². The van der Waals surface area contributed by atoms with Gasteiger partial charge in [0.2, 0.25) is 0 Å². The van der Waals surface area contributed by atoms with Crippen molar-refractivity contribution >= 4 is 236 Å². The van der Waals surface area contributed by atoms with Crippen LogP contribution in [0.15, 0.2) is 522 Å². The summed E-state index contributed by atoms with van der Waals surface area (Å²) in [6.45, 7) is 0. The zero-order valence-electron chi connectivity index (χ0n) is 78.2. The number of para-hydroxylation sites is 8. The Morgan fingerprint density at radius 1 is 0.125 bits per heavy atom. The largest absolute Gasteiger partial charge is 0.310 e. The van der Waals surface area contributed by atoms with E-state index in [0.29, 0.717) is 0 Å². The summed E-state index contributed by atoms with van der Waals surface area (Å²) < 4.78 is 12.5. The Bertz CT molecular complexity index is 10300. The first-order chi connectivity index (χ1) is 71.6. The molecule has 0 radical (unpaired) electrons. The van der Waals surface area contributed by atoms with Crippen LogP contribution in [0.4, 0.5) is 51.2 Å². The van der Waals surface area contributed by atoms with Gasteiger partial charge < -0.3 is 37.2 Å². The highest BCUT2D eigenvalue weighted by molar-refractivity contribution is 6.40. The molecule has 0 amide bonds. The molecule has 0 bridgehead atoms. The van der Waals surface area contributed by atoms with Crippen molar-refractivity contribution in [2.24, 2.45) is 0 Å². The highest BCUT2D eigenvalue weighted by Crippen LogP contribution is 2.56. The van der Waals surface area contributed by atoms with E-state index in [1.807, 2.05) is 0 Å². The lowest BCUT2D eigenvalue weighted by molar-refractivity contribution is 1.17. The van der Waals surface area contributed by atoms with Crippen LogP contribution in [0, 0.1) is 0 Å². The minimum atomic E-state index is 1.11. The molecule has 8 heteroatoms. The van der Waals surface area contributed by atoms with Crippen LogP contribution in [-0.4, -0.2) is 22.5 Å². The van der Waals surface area contributed by atoms with Crippen molar-refractivity contribution in [3.8, 4) is 39.3 Å². The molecule has 32 rings (SSSR count). The molecule has 670 valence electrons. The summed E-state index contributed by atoms with van der Waals surface area (Å²) in [4.78, 5) is 7.01. The maximum absolute atomic E-state index is 2.55. The van der Waals surface area contributed by atoms with Gasteiger partial charge in [-0.15, -0.1) is 0 Å². The molecule has 1 aliphatic carbocycles. The highest BCUT2D eigenvalue weighted by atomic mass is 15.2. The van der Waals surface area contributed by atoms with Gasteiger partial charge in [-0.3, -0.25) is 0 Å². The van der Waals surface area contributed by atoms with Gasteiger partial charge in [-0.2, -0.15) is 0 Å². The predicted octanol–water partition coefficient (Wildman–Crippen LogP) is 37.3. The van der Waals surface area contributed by atoms with Gasteiger partial charge in [-0.25, -0.2) is 0 Å². The monoisotopic (exact) mass is 1830 g/mol. The maximum atomic E-state index is 2.55. The molecule has 0 saturated carbocycles. The molecule has 0 atom stereocenters. The smallest absolute Gasteiger partial charge is 0.0642 e. The molecule has 0 fully saturated rings. The molecule has 7 aromatic heterocycles. The van der Waals surface area contributed by atoms with Crippen LogP contribution in [0.25, 0.3) is 224 Å². The van der Waals surface area contributed by atoms with Gasteiger partial charge >= 0.3 is 0 Å². The van der Waals surface area contributed by atoms with Gasteiger partial charge in [-0.05, 0) is 236 Å². The molecule has 31 aromatic rings. The van der Waals surface area contributed by atoms with Crippen LogP contribution in [0.5, 0.6) is 0 Å². The number of fused-ring (bicyclic) bond motifs is 22. The first-order valence-corrected chi connectivity index (χ1v) is 49.6. The van der Waals surface area contributed by atoms with Crippen molar-refractivity contribution in [3.63, 3.8) is 0 Å². The van der Waals surface area contributed by atoms with Gasteiger partial charge in [0.15, 0.2) is 0 Å². The van der Waals surface area contributed by atoms with E-state index in [1.165, 1.54) is 207 Å². The van der Waals surface area contributed by atoms with E-state index in [9.17, 15) is 0 Å². The molecule has 0 aliphatic heterocycles. The minimum absolute atomic E-state index is 1.11. The fourth-order valence-electron chi connectivity index (χ4n) is 24.7. The maximum Gasteiger partial charge on any atom is 0.0642 e. The standard InChI is InChI=1S/2C46H29N3.C44H28N2/c1-3-14-31(15-4-1)47(32-16-5-2-6-17-32)33-18-11-19-34(29-33)48-40-24-12-22-37-36-21-9-10-23-39(36)49-41-27-25-30-13-7-8-20-35(30)43(41)38-26-28-42(48)45(44(37)40)46(38)49;1-3-14-31(15-4-1)47(32-16-5-2-6-17-32)33-18-11-19-34(29-33)48-41-24-12-22-37-36-21-9-10-23-40(36)49-45-35-20-8-7-13-30(35)25-26-38(45)39-27-28-42(48)44(43(37)41)46(39)49;1-3-14-29(15-4-1)45(30-16-5-2-6-17-30)31-18-11-19-32(28-31)46-40-27-13-26-38-34-21-8-7-20-33(34)36-24-12-25-37-35-22-9-10-23-39(35)44(46)43(41(36)37)42(38)40/h2*1-29H;1-28H. The normalized spacial score (nSPS) is 12.0. The molecule has 1 aliphatic rings. The van der Waals surface area contributed by atoms with Crippen LogP contribution >= 0.6 is 0 Å². The second kappa shape index (κ2) is 32.2. The second-order valence-electron chi connectivity index (χ2n) is 38.0.